The molecule has 2 aliphatic heterocycles. The Morgan fingerprint density at radius 1 is 1.38 bits per heavy atom. The van der Waals surface area contributed by atoms with Crippen LogP contribution in [0.5, 0.6) is 0 Å². The fourth-order valence-corrected chi connectivity index (χ4v) is 2.20. The zero-order valence-electron chi connectivity index (χ0n) is 9.95. The van der Waals surface area contributed by atoms with Crippen LogP contribution >= 0.6 is 0 Å². The molecule has 0 aromatic heterocycles. The highest BCUT2D eigenvalue weighted by Crippen LogP contribution is 2.04. The molecule has 5 nitrogen and oxygen atoms in total. The summed E-state index contributed by atoms with van der Waals surface area (Å²) in [7, 11) is 0. The van der Waals surface area contributed by atoms with E-state index in [4.69, 9.17) is 4.74 Å². The first-order valence-electron chi connectivity index (χ1n) is 6.07. The lowest BCUT2D eigenvalue weighted by Gasteiger charge is -2.35. The van der Waals surface area contributed by atoms with Gasteiger partial charge in [0.05, 0.1) is 19.8 Å². The second kappa shape index (κ2) is 5.61. The molecule has 16 heavy (non-hydrogen) atoms. The first kappa shape index (κ1) is 11.8. The topological polar surface area (TPSA) is 44.8 Å². The number of carbonyl (C=O) groups excluding carboxylic acids is 1. The molecule has 5 heteroatoms. The predicted molar refractivity (Wildman–Crippen MR) is 61.3 cm³/mol. The van der Waals surface area contributed by atoms with Crippen molar-refractivity contribution in [2.45, 2.75) is 13.0 Å². The first-order valence-corrected chi connectivity index (χ1v) is 6.07. The van der Waals surface area contributed by atoms with E-state index in [0.29, 0.717) is 25.8 Å². The van der Waals surface area contributed by atoms with Crippen LogP contribution in [0.15, 0.2) is 0 Å². The molecule has 0 saturated carbocycles. The third kappa shape index (κ3) is 2.93. The van der Waals surface area contributed by atoms with Crippen LogP contribution in [0, 0.1) is 0 Å². The van der Waals surface area contributed by atoms with Crippen molar-refractivity contribution in [3.05, 3.63) is 0 Å². The van der Waals surface area contributed by atoms with E-state index in [1.165, 1.54) is 0 Å². The third-order valence-electron chi connectivity index (χ3n) is 3.34. The van der Waals surface area contributed by atoms with E-state index in [1.54, 1.807) is 0 Å². The number of hydrogen-bond acceptors (Lipinski definition) is 4. The summed E-state index contributed by atoms with van der Waals surface area (Å²) in [6.45, 7) is 8.53. The number of nitrogens with one attached hydrogen (secondary N) is 1. The number of carbonyl (C=O) groups is 1. The van der Waals surface area contributed by atoms with Gasteiger partial charge < -0.3 is 15.0 Å². The van der Waals surface area contributed by atoms with Crippen molar-refractivity contribution in [3.63, 3.8) is 0 Å². The van der Waals surface area contributed by atoms with Gasteiger partial charge in [0.1, 0.15) is 0 Å². The minimum Gasteiger partial charge on any atom is -0.378 e. The average molecular weight is 227 g/mol. The van der Waals surface area contributed by atoms with Crippen molar-refractivity contribution in [2.75, 3.05) is 52.5 Å². The molecular formula is C11H21N3O2. The molecular weight excluding hydrogens is 206 g/mol. The third-order valence-corrected chi connectivity index (χ3v) is 3.34. The van der Waals surface area contributed by atoms with Gasteiger partial charge in [-0.3, -0.25) is 9.69 Å². The molecule has 0 spiro atoms. The maximum atomic E-state index is 12.0. The zero-order chi connectivity index (χ0) is 11.4. The lowest BCUT2D eigenvalue weighted by Crippen LogP contribution is -2.54. The van der Waals surface area contributed by atoms with Gasteiger partial charge in [0.25, 0.3) is 0 Å². The van der Waals surface area contributed by atoms with E-state index in [9.17, 15) is 4.79 Å². The summed E-state index contributed by atoms with van der Waals surface area (Å²) >= 11 is 0. The summed E-state index contributed by atoms with van der Waals surface area (Å²) in [6.07, 6.45) is 0. The minimum absolute atomic E-state index is 0.247. The Kier molecular flexibility index (Phi) is 4.15. The molecule has 92 valence electrons. The number of morpholine rings is 1. The van der Waals surface area contributed by atoms with Crippen LogP contribution in [0.3, 0.4) is 0 Å². The van der Waals surface area contributed by atoms with Crippen molar-refractivity contribution in [1.82, 2.24) is 15.1 Å². The van der Waals surface area contributed by atoms with Crippen LogP contribution in [0.1, 0.15) is 6.92 Å². The summed E-state index contributed by atoms with van der Waals surface area (Å²) in [5, 5.41) is 3.33. The van der Waals surface area contributed by atoms with Crippen molar-refractivity contribution < 1.29 is 9.53 Å². The highest BCUT2D eigenvalue weighted by atomic mass is 16.5. The smallest absolute Gasteiger partial charge is 0.236 e. The highest BCUT2D eigenvalue weighted by molar-refractivity contribution is 5.78. The summed E-state index contributed by atoms with van der Waals surface area (Å²) in [5.41, 5.74) is 0. The Morgan fingerprint density at radius 3 is 2.81 bits per heavy atom. The van der Waals surface area contributed by atoms with Gasteiger partial charge in [-0.1, -0.05) is 0 Å². The molecule has 2 saturated heterocycles. The molecule has 0 radical (unpaired) electrons. The van der Waals surface area contributed by atoms with Crippen LogP contribution in [0.4, 0.5) is 0 Å². The maximum Gasteiger partial charge on any atom is 0.236 e. The lowest BCUT2D eigenvalue weighted by molar-refractivity contribution is -0.137. The Morgan fingerprint density at radius 2 is 2.12 bits per heavy atom. The Balaban J connectivity index is 1.80. The fourth-order valence-electron chi connectivity index (χ4n) is 2.20. The van der Waals surface area contributed by atoms with Gasteiger partial charge in [-0.2, -0.15) is 0 Å². The standard InChI is InChI=1S/C11H21N3O2/c1-10-8-12-2-3-14(10)9-11(15)13-4-6-16-7-5-13/h10,12H,2-9H2,1H3. The van der Waals surface area contributed by atoms with Gasteiger partial charge in [0.2, 0.25) is 5.91 Å². The van der Waals surface area contributed by atoms with Gasteiger partial charge in [0, 0.05) is 38.8 Å². The van der Waals surface area contributed by atoms with Gasteiger partial charge in [-0.15, -0.1) is 0 Å². The molecule has 0 aromatic rings. The van der Waals surface area contributed by atoms with Crippen LogP contribution in [0.2, 0.25) is 0 Å². The number of nitrogens with zero attached hydrogens (tertiary/aromatic N) is 2. The molecule has 2 aliphatic rings. The van der Waals surface area contributed by atoms with Crippen molar-refractivity contribution in [2.24, 2.45) is 0 Å². The molecule has 1 unspecified atom stereocenters. The van der Waals surface area contributed by atoms with E-state index in [2.05, 4.69) is 17.1 Å². The van der Waals surface area contributed by atoms with Crippen LogP contribution in [-0.2, 0) is 9.53 Å². The molecule has 2 fully saturated rings. The first-order chi connectivity index (χ1) is 7.77. The molecule has 0 bridgehead atoms. The Bertz CT molecular complexity index is 241. The van der Waals surface area contributed by atoms with Crippen LogP contribution in [-0.4, -0.2) is 74.2 Å². The summed E-state index contributed by atoms with van der Waals surface area (Å²) in [4.78, 5) is 16.2. The molecule has 2 heterocycles. The molecule has 0 aromatic carbocycles. The minimum atomic E-state index is 0.247. The maximum absolute atomic E-state index is 12.0. The van der Waals surface area contributed by atoms with E-state index < -0.39 is 0 Å². The van der Waals surface area contributed by atoms with Gasteiger partial charge in [0.15, 0.2) is 0 Å². The summed E-state index contributed by atoms with van der Waals surface area (Å²) in [5.74, 6) is 0.247. The molecule has 1 N–H and O–H groups in total. The molecule has 2 rings (SSSR count). The lowest BCUT2D eigenvalue weighted by atomic mass is 10.2. The fraction of sp³-hybridized carbons (Fsp3) is 0.909. The van der Waals surface area contributed by atoms with Gasteiger partial charge >= 0.3 is 0 Å². The Hall–Kier alpha value is -0.650. The zero-order valence-corrected chi connectivity index (χ0v) is 9.95. The Labute approximate surface area is 96.7 Å². The number of hydrogen-bond donors (Lipinski definition) is 1. The van der Waals surface area contributed by atoms with E-state index in [0.717, 1.165) is 32.7 Å². The quantitative estimate of drug-likeness (QED) is 0.667. The molecule has 1 atom stereocenters. The summed E-state index contributed by atoms with van der Waals surface area (Å²) in [6, 6.07) is 0.457. The van der Waals surface area contributed by atoms with Crippen molar-refractivity contribution >= 4 is 5.91 Å². The second-order valence-corrected chi connectivity index (χ2v) is 4.52. The van der Waals surface area contributed by atoms with Crippen LogP contribution in [0.25, 0.3) is 0 Å². The largest absolute Gasteiger partial charge is 0.378 e. The van der Waals surface area contributed by atoms with Crippen LogP contribution < -0.4 is 5.32 Å². The molecule has 1 amide bonds. The summed E-state index contributed by atoms with van der Waals surface area (Å²) < 4.78 is 5.24. The average Bonchev–Trinajstić information content (AvgIpc) is 2.33. The SMILES string of the molecule is CC1CNCCN1CC(=O)N1CCOCC1. The highest BCUT2D eigenvalue weighted by Gasteiger charge is 2.23. The predicted octanol–water partition coefficient (Wildman–Crippen LogP) is -0.861. The van der Waals surface area contributed by atoms with Gasteiger partial charge in [-0.05, 0) is 6.92 Å². The normalized spacial score (nSPS) is 28.1. The van der Waals surface area contributed by atoms with Crippen molar-refractivity contribution in [3.8, 4) is 0 Å². The number of piperazine rings is 1. The second-order valence-electron chi connectivity index (χ2n) is 4.52. The number of ether oxygens (including phenoxy) is 1. The van der Waals surface area contributed by atoms with E-state index in [-0.39, 0.29) is 5.91 Å². The number of rotatable bonds is 2. The van der Waals surface area contributed by atoms with E-state index in [1.807, 2.05) is 4.90 Å². The van der Waals surface area contributed by atoms with E-state index >= 15 is 0 Å². The number of amides is 1. The molecule has 0 aliphatic carbocycles. The monoisotopic (exact) mass is 227 g/mol. The van der Waals surface area contributed by atoms with Crippen molar-refractivity contribution in [1.29, 1.82) is 0 Å². The van der Waals surface area contributed by atoms with Gasteiger partial charge in [-0.25, -0.2) is 0 Å².